The molecule has 2 rings (SSSR count). The zero-order valence-electron chi connectivity index (χ0n) is 19.4. The Hall–Kier alpha value is -2.36. The summed E-state index contributed by atoms with van der Waals surface area (Å²) in [7, 11) is -4.03. The van der Waals surface area contributed by atoms with Gasteiger partial charge >= 0.3 is 0 Å². The van der Waals surface area contributed by atoms with Gasteiger partial charge in [0, 0.05) is 28.7 Å². The van der Waals surface area contributed by atoms with Crippen LogP contribution in [-0.2, 0) is 26.2 Å². The molecule has 186 valence electrons. The van der Waals surface area contributed by atoms with Gasteiger partial charge in [0.05, 0.1) is 11.9 Å². The monoisotopic (exact) mass is 531 g/mol. The van der Waals surface area contributed by atoms with Gasteiger partial charge < -0.3 is 10.2 Å². The molecule has 1 atom stereocenters. The molecule has 2 aromatic rings. The summed E-state index contributed by atoms with van der Waals surface area (Å²) in [4.78, 5) is 27.4. The van der Waals surface area contributed by atoms with Crippen molar-refractivity contribution < 1.29 is 22.4 Å². The lowest BCUT2D eigenvalue weighted by Crippen LogP contribution is -2.51. The molecule has 0 aromatic heterocycles. The van der Waals surface area contributed by atoms with Crippen LogP contribution in [0.5, 0.6) is 0 Å². The van der Waals surface area contributed by atoms with Crippen molar-refractivity contribution in [1.29, 1.82) is 0 Å². The molecule has 0 fully saturated rings. The van der Waals surface area contributed by atoms with E-state index in [1.165, 1.54) is 30.0 Å². The first kappa shape index (κ1) is 27.9. The van der Waals surface area contributed by atoms with Crippen LogP contribution in [0.3, 0.4) is 0 Å². The first-order valence-electron chi connectivity index (χ1n) is 10.5. The molecule has 0 heterocycles. The van der Waals surface area contributed by atoms with Gasteiger partial charge in [-0.15, -0.1) is 0 Å². The van der Waals surface area contributed by atoms with Crippen LogP contribution in [0.15, 0.2) is 42.5 Å². The van der Waals surface area contributed by atoms with Gasteiger partial charge in [0.15, 0.2) is 0 Å². The maximum atomic E-state index is 14.4. The van der Waals surface area contributed by atoms with Crippen LogP contribution < -0.4 is 9.62 Å². The van der Waals surface area contributed by atoms with Crippen LogP contribution in [0.1, 0.15) is 26.3 Å². The molecule has 1 N–H and O–H groups in total. The van der Waals surface area contributed by atoms with Gasteiger partial charge in [-0.3, -0.25) is 13.9 Å². The van der Waals surface area contributed by atoms with E-state index >= 15 is 0 Å². The third-order valence-corrected chi connectivity index (χ3v) is 6.88. The van der Waals surface area contributed by atoms with E-state index in [0.717, 1.165) is 12.3 Å². The van der Waals surface area contributed by atoms with Gasteiger partial charge in [-0.05, 0) is 37.1 Å². The van der Waals surface area contributed by atoms with Crippen LogP contribution in [0.25, 0.3) is 0 Å². The highest BCUT2D eigenvalue weighted by Gasteiger charge is 2.31. The maximum absolute atomic E-state index is 14.4. The number of anilines is 1. The van der Waals surface area contributed by atoms with E-state index in [1.807, 2.05) is 13.8 Å². The molecule has 0 saturated carbocycles. The maximum Gasteiger partial charge on any atom is 0.244 e. The van der Waals surface area contributed by atoms with E-state index in [1.54, 1.807) is 18.2 Å². The Morgan fingerprint density at radius 1 is 1.03 bits per heavy atom. The number of nitrogens with zero attached hydrogens (tertiary/aromatic N) is 2. The molecule has 0 spiro atoms. The second-order valence-corrected chi connectivity index (χ2v) is 11.0. The molecule has 7 nitrogen and oxygen atoms in total. The molecule has 0 radical (unpaired) electrons. The number of amides is 2. The van der Waals surface area contributed by atoms with Gasteiger partial charge in [-0.2, -0.15) is 0 Å². The Labute approximate surface area is 209 Å². The summed E-state index contributed by atoms with van der Waals surface area (Å²) in [6.07, 6.45) is 0.876. The van der Waals surface area contributed by atoms with E-state index in [0.29, 0.717) is 16.4 Å². The first-order chi connectivity index (χ1) is 15.8. The van der Waals surface area contributed by atoms with Crippen molar-refractivity contribution in [2.24, 2.45) is 5.92 Å². The fourth-order valence-corrected chi connectivity index (χ4v) is 4.50. The summed E-state index contributed by atoms with van der Waals surface area (Å²) in [5.41, 5.74) is 0.130. The van der Waals surface area contributed by atoms with Gasteiger partial charge in [0.1, 0.15) is 18.4 Å². The van der Waals surface area contributed by atoms with Crippen molar-refractivity contribution in [2.45, 2.75) is 33.4 Å². The molecule has 0 aliphatic heterocycles. The quantitative estimate of drug-likeness (QED) is 0.500. The largest absolute Gasteiger partial charge is 0.354 e. The predicted octanol–water partition coefficient (Wildman–Crippen LogP) is 4.09. The highest BCUT2D eigenvalue weighted by molar-refractivity contribution is 7.92. The van der Waals surface area contributed by atoms with Gasteiger partial charge in [-0.25, -0.2) is 12.8 Å². The number of carbonyl (C=O) groups is 2. The normalized spacial score (nSPS) is 12.4. The minimum absolute atomic E-state index is 0.150. The summed E-state index contributed by atoms with van der Waals surface area (Å²) in [5.74, 6) is -1.77. The molecular weight excluding hydrogens is 504 g/mol. The number of rotatable bonds is 10. The summed E-state index contributed by atoms with van der Waals surface area (Å²) >= 11 is 12.6. The number of para-hydroxylation sites is 1. The molecule has 0 saturated heterocycles. The lowest BCUT2D eigenvalue weighted by atomic mass is 10.1. The Kier molecular flexibility index (Phi) is 9.73. The van der Waals surface area contributed by atoms with E-state index in [-0.39, 0.29) is 28.2 Å². The number of sulfonamides is 1. The zero-order chi connectivity index (χ0) is 25.6. The van der Waals surface area contributed by atoms with Gasteiger partial charge in [0.2, 0.25) is 21.8 Å². The molecule has 34 heavy (non-hydrogen) atoms. The Bertz CT molecular complexity index is 1120. The molecule has 0 aliphatic carbocycles. The van der Waals surface area contributed by atoms with Crippen molar-refractivity contribution in [1.82, 2.24) is 10.2 Å². The zero-order valence-corrected chi connectivity index (χ0v) is 21.7. The molecule has 0 aliphatic rings. The number of nitrogens with one attached hydrogen (secondary N) is 1. The molecule has 2 amide bonds. The smallest absolute Gasteiger partial charge is 0.244 e. The third kappa shape index (κ3) is 7.32. The Balaban J connectivity index is 2.44. The summed E-state index contributed by atoms with van der Waals surface area (Å²) in [6.45, 7) is 4.90. The van der Waals surface area contributed by atoms with E-state index in [2.05, 4.69) is 5.32 Å². The Morgan fingerprint density at radius 3 is 2.15 bits per heavy atom. The Morgan fingerprint density at radius 2 is 1.62 bits per heavy atom. The lowest BCUT2D eigenvalue weighted by Gasteiger charge is -2.32. The first-order valence-corrected chi connectivity index (χ1v) is 13.2. The standard InChI is InChI=1S/C23H28Cl2FN3O4S/c1-15(2)12-27-23(31)16(3)28(13-17-18(24)8-7-9-19(17)25)22(30)14-29(34(4,32)33)21-11-6-5-10-20(21)26/h5-11,15-16H,12-14H2,1-4H3,(H,27,31). The molecule has 1 unspecified atom stereocenters. The average Bonchev–Trinajstić information content (AvgIpc) is 2.75. The highest BCUT2D eigenvalue weighted by atomic mass is 35.5. The summed E-state index contributed by atoms with van der Waals surface area (Å²) in [5, 5.41) is 3.34. The second kappa shape index (κ2) is 11.9. The fourth-order valence-electron chi connectivity index (χ4n) is 3.14. The molecule has 0 bridgehead atoms. The van der Waals surface area contributed by atoms with Crippen LogP contribution in [-0.4, -0.2) is 50.5 Å². The molecule has 11 heteroatoms. The summed E-state index contributed by atoms with van der Waals surface area (Å²) < 4.78 is 40.0. The van der Waals surface area contributed by atoms with Gasteiger partial charge in [0.25, 0.3) is 0 Å². The number of carbonyl (C=O) groups excluding carboxylic acids is 2. The van der Waals surface area contributed by atoms with Crippen LogP contribution in [0, 0.1) is 11.7 Å². The number of hydrogen-bond acceptors (Lipinski definition) is 4. The minimum Gasteiger partial charge on any atom is -0.354 e. The van der Waals surface area contributed by atoms with E-state index in [9.17, 15) is 22.4 Å². The van der Waals surface area contributed by atoms with Crippen molar-refractivity contribution >= 4 is 50.7 Å². The van der Waals surface area contributed by atoms with Gasteiger partial charge in [-0.1, -0.05) is 55.2 Å². The van der Waals surface area contributed by atoms with Crippen LogP contribution in [0.4, 0.5) is 10.1 Å². The molecule has 2 aromatic carbocycles. The topological polar surface area (TPSA) is 86.8 Å². The van der Waals surface area contributed by atoms with Crippen molar-refractivity contribution in [3.63, 3.8) is 0 Å². The second-order valence-electron chi connectivity index (χ2n) is 8.26. The molecular formula is C23H28Cl2FN3O4S. The van der Waals surface area contributed by atoms with Crippen molar-refractivity contribution in [3.8, 4) is 0 Å². The number of halogens is 3. The van der Waals surface area contributed by atoms with E-state index < -0.39 is 40.2 Å². The minimum atomic E-state index is -4.03. The number of benzene rings is 2. The van der Waals surface area contributed by atoms with Crippen molar-refractivity contribution in [3.05, 3.63) is 63.9 Å². The predicted molar refractivity (Wildman–Crippen MR) is 133 cm³/mol. The van der Waals surface area contributed by atoms with Crippen molar-refractivity contribution in [2.75, 3.05) is 23.7 Å². The SMILES string of the molecule is CC(C)CNC(=O)C(C)N(Cc1c(Cl)cccc1Cl)C(=O)CN(c1ccccc1F)S(C)(=O)=O. The average molecular weight is 532 g/mol. The summed E-state index contributed by atoms with van der Waals surface area (Å²) in [6, 6.07) is 9.08. The highest BCUT2D eigenvalue weighted by Crippen LogP contribution is 2.27. The fraction of sp³-hybridized carbons (Fsp3) is 0.391. The van der Waals surface area contributed by atoms with Crippen LogP contribution in [0.2, 0.25) is 10.0 Å². The third-order valence-electron chi connectivity index (χ3n) is 5.04. The lowest BCUT2D eigenvalue weighted by molar-refractivity contribution is -0.139. The van der Waals surface area contributed by atoms with E-state index in [4.69, 9.17) is 23.2 Å². The van der Waals surface area contributed by atoms with Crippen LogP contribution >= 0.6 is 23.2 Å². The number of hydrogen-bond donors (Lipinski definition) is 1.